The first-order valence-corrected chi connectivity index (χ1v) is 6.57. The molecule has 101 valence electrons. The van der Waals surface area contributed by atoms with Gasteiger partial charge in [0.1, 0.15) is 7.05 Å². The van der Waals surface area contributed by atoms with E-state index in [4.69, 9.17) is 0 Å². The van der Waals surface area contributed by atoms with Gasteiger partial charge in [-0.2, -0.15) is 12.1 Å². The van der Waals surface area contributed by atoms with Gasteiger partial charge in [0, 0.05) is 38.8 Å². The molecule has 0 saturated heterocycles. The van der Waals surface area contributed by atoms with Gasteiger partial charge in [-0.1, -0.05) is 18.6 Å². The normalized spacial score (nSPS) is 10.0. The zero-order valence-corrected chi connectivity index (χ0v) is 15.0. The molecule has 0 saturated carbocycles. The summed E-state index contributed by atoms with van der Waals surface area (Å²) in [6, 6.07) is 20.5. The van der Waals surface area contributed by atoms with E-state index in [1.807, 2.05) is 43.6 Å². The van der Waals surface area contributed by atoms with E-state index in [9.17, 15) is 0 Å². The second kappa shape index (κ2) is 7.06. The number of rotatable bonds is 2. The monoisotopic (exact) mass is 348 g/mol. The smallest absolute Gasteiger partial charge is 0.168 e. The van der Waals surface area contributed by atoms with Crippen LogP contribution in [0.1, 0.15) is 5.56 Å². The zero-order valence-electron chi connectivity index (χ0n) is 12.2. The van der Waals surface area contributed by atoms with Crippen LogP contribution in [0.4, 0.5) is 0 Å². The Morgan fingerprint density at radius 2 is 1.90 bits per heavy atom. The van der Waals surface area contributed by atoms with Crippen LogP contribution in [0.3, 0.4) is 0 Å². The molecule has 1 aromatic carbocycles. The number of hydrogen-bond donors (Lipinski definition) is 0. The maximum absolute atomic E-state index is 4.41. The summed E-state index contributed by atoms with van der Waals surface area (Å²) in [7, 11) is 2.05. The van der Waals surface area contributed by atoms with Gasteiger partial charge in [-0.15, -0.1) is 23.4 Å². The molecule has 0 unspecified atom stereocenters. The molecule has 3 heteroatoms. The van der Waals surface area contributed by atoms with Crippen LogP contribution in [0.5, 0.6) is 0 Å². The summed E-state index contributed by atoms with van der Waals surface area (Å²) < 4.78 is 2.11. The maximum atomic E-state index is 4.41. The molecule has 21 heavy (non-hydrogen) atoms. The molecule has 0 amide bonds. The fourth-order valence-corrected chi connectivity index (χ4v) is 2.36. The predicted octanol–water partition coefficient (Wildman–Crippen LogP) is 3.15. The fraction of sp³-hybridized carbons (Fsp3) is 0.111. The van der Waals surface area contributed by atoms with Gasteiger partial charge in [-0.05, 0) is 12.3 Å². The Bertz CT molecular complexity index is 739. The van der Waals surface area contributed by atoms with Crippen LogP contribution in [0.2, 0.25) is 0 Å². The summed E-state index contributed by atoms with van der Waals surface area (Å²) in [4.78, 5) is 4.41. The zero-order chi connectivity index (χ0) is 13.9. The largest absolute Gasteiger partial charge is 0.344 e. The Morgan fingerprint density at radius 3 is 2.62 bits per heavy atom. The summed E-state index contributed by atoms with van der Waals surface area (Å²) in [5.41, 5.74) is 5.34. The van der Waals surface area contributed by atoms with Crippen molar-refractivity contribution < 1.29 is 37.3 Å². The minimum Gasteiger partial charge on any atom is -0.344 e. The van der Waals surface area contributed by atoms with Crippen molar-refractivity contribution in [1.82, 2.24) is 4.98 Å². The van der Waals surface area contributed by atoms with Gasteiger partial charge in [0.25, 0.3) is 0 Å². The Morgan fingerprint density at radius 1 is 1.05 bits per heavy atom. The third-order valence-electron chi connectivity index (χ3n) is 3.36. The minimum atomic E-state index is 0. The number of pyridine rings is 2. The van der Waals surface area contributed by atoms with Gasteiger partial charge in [0.05, 0.1) is 0 Å². The molecule has 2 heterocycles. The van der Waals surface area contributed by atoms with Gasteiger partial charge in [-0.3, -0.25) is 0 Å². The first kappa shape index (κ1) is 16.0. The molecule has 0 spiro atoms. The summed E-state index contributed by atoms with van der Waals surface area (Å²) in [5.74, 6) is 0. The summed E-state index contributed by atoms with van der Waals surface area (Å²) >= 11 is 0. The van der Waals surface area contributed by atoms with E-state index >= 15 is 0 Å². The Labute approximate surface area is 150 Å². The van der Waals surface area contributed by atoms with Gasteiger partial charge in [-0.25, -0.2) is 22.3 Å². The molecule has 0 N–H and O–H groups in total. The van der Waals surface area contributed by atoms with E-state index in [2.05, 4.69) is 40.7 Å². The SMILES string of the molecule is Cc1cc[c-]c(-c2[c-]cccn2)c1-c1cccc[n+]1C.[Y]. The van der Waals surface area contributed by atoms with Crippen LogP contribution in [-0.4, -0.2) is 4.98 Å². The minimum absolute atomic E-state index is 0. The van der Waals surface area contributed by atoms with Crippen LogP contribution in [-0.2, 0) is 39.8 Å². The molecule has 0 bridgehead atoms. The van der Waals surface area contributed by atoms with Crippen molar-refractivity contribution in [3.8, 4) is 22.5 Å². The predicted molar refractivity (Wildman–Crippen MR) is 78.7 cm³/mol. The van der Waals surface area contributed by atoms with E-state index in [0.717, 1.165) is 22.5 Å². The van der Waals surface area contributed by atoms with E-state index in [0.29, 0.717) is 0 Å². The molecule has 1 radical (unpaired) electrons. The van der Waals surface area contributed by atoms with Crippen molar-refractivity contribution in [2.75, 3.05) is 0 Å². The Balaban J connectivity index is 0.00000161. The molecule has 3 aromatic rings. The van der Waals surface area contributed by atoms with Crippen LogP contribution < -0.4 is 4.57 Å². The first-order valence-electron chi connectivity index (χ1n) is 6.57. The van der Waals surface area contributed by atoms with E-state index in [1.54, 1.807) is 6.20 Å². The van der Waals surface area contributed by atoms with E-state index < -0.39 is 0 Å². The average Bonchev–Trinajstić information content (AvgIpc) is 2.49. The molecule has 0 fully saturated rings. The maximum Gasteiger partial charge on any atom is 0.168 e. The van der Waals surface area contributed by atoms with Crippen LogP contribution >= 0.6 is 0 Å². The molecule has 0 atom stereocenters. The summed E-state index contributed by atoms with van der Waals surface area (Å²) in [6.45, 7) is 2.11. The van der Waals surface area contributed by atoms with Gasteiger partial charge < -0.3 is 4.98 Å². The van der Waals surface area contributed by atoms with Crippen molar-refractivity contribution in [3.05, 3.63) is 72.6 Å². The van der Waals surface area contributed by atoms with Gasteiger partial charge in [0.2, 0.25) is 0 Å². The summed E-state index contributed by atoms with van der Waals surface area (Å²) in [5, 5.41) is 0. The molecule has 0 aliphatic carbocycles. The molecule has 2 nitrogen and oxygen atoms in total. The molecule has 0 aliphatic rings. The first-order chi connectivity index (χ1) is 9.77. The third-order valence-corrected chi connectivity index (χ3v) is 3.36. The van der Waals surface area contributed by atoms with Crippen molar-refractivity contribution in [3.63, 3.8) is 0 Å². The second-order valence-corrected chi connectivity index (χ2v) is 4.74. The molecular formula is C18H15N2Y-. The topological polar surface area (TPSA) is 16.8 Å². The van der Waals surface area contributed by atoms with Crippen LogP contribution in [0, 0.1) is 19.1 Å². The Hall–Kier alpha value is -1.38. The number of aryl methyl sites for hydroxylation is 2. The van der Waals surface area contributed by atoms with Crippen molar-refractivity contribution >= 4 is 0 Å². The third kappa shape index (κ3) is 3.28. The fourth-order valence-electron chi connectivity index (χ4n) is 2.36. The van der Waals surface area contributed by atoms with Crippen molar-refractivity contribution in [2.45, 2.75) is 6.92 Å². The number of hydrogen-bond acceptors (Lipinski definition) is 1. The van der Waals surface area contributed by atoms with E-state index in [1.165, 1.54) is 5.56 Å². The molecule has 3 rings (SSSR count). The van der Waals surface area contributed by atoms with Crippen molar-refractivity contribution in [2.24, 2.45) is 7.05 Å². The second-order valence-electron chi connectivity index (χ2n) is 4.74. The van der Waals surface area contributed by atoms with Crippen molar-refractivity contribution in [1.29, 1.82) is 0 Å². The van der Waals surface area contributed by atoms with Crippen LogP contribution in [0.15, 0.2) is 54.9 Å². The Kier molecular flexibility index (Phi) is 5.38. The number of nitrogens with zero attached hydrogens (tertiary/aromatic N) is 2. The number of benzene rings is 1. The van der Waals surface area contributed by atoms with Crippen LogP contribution in [0.25, 0.3) is 22.5 Å². The summed E-state index contributed by atoms with van der Waals surface area (Å²) in [6.07, 6.45) is 3.84. The van der Waals surface area contributed by atoms with Gasteiger partial charge in [0.15, 0.2) is 11.9 Å². The molecular weight excluding hydrogens is 333 g/mol. The quantitative estimate of drug-likeness (QED) is 0.514. The number of aromatic nitrogens is 2. The van der Waals surface area contributed by atoms with Gasteiger partial charge >= 0.3 is 0 Å². The molecule has 0 aliphatic heterocycles. The standard InChI is InChI=1S/C18H15N2.Y/c1-14-8-7-9-15(16-10-3-5-12-19-16)18(14)17-11-4-6-13-20(17)2;/h3-8,11-13H,1-2H3;/q-1;. The molecule has 2 aromatic heterocycles. The average molecular weight is 348 g/mol. The van der Waals surface area contributed by atoms with E-state index in [-0.39, 0.29) is 32.7 Å².